The number of benzene rings is 1. The SMILES string of the molecule is COc1ccc(C=O)c2c1CCC2. The van der Waals surface area contributed by atoms with Crippen molar-refractivity contribution in [2.75, 3.05) is 7.11 Å². The number of aldehydes is 1. The van der Waals surface area contributed by atoms with Crippen molar-refractivity contribution in [1.82, 2.24) is 0 Å². The maximum Gasteiger partial charge on any atom is 0.150 e. The molecule has 0 spiro atoms. The monoisotopic (exact) mass is 176 g/mol. The van der Waals surface area contributed by atoms with Crippen LogP contribution in [0.1, 0.15) is 27.9 Å². The molecule has 0 fully saturated rings. The van der Waals surface area contributed by atoms with Gasteiger partial charge in [-0.05, 0) is 42.5 Å². The van der Waals surface area contributed by atoms with E-state index in [1.807, 2.05) is 12.1 Å². The summed E-state index contributed by atoms with van der Waals surface area (Å²) in [5, 5.41) is 0. The highest BCUT2D eigenvalue weighted by atomic mass is 16.5. The van der Waals surface area contributed by atoms with Gasteiger partial charge in [0.2, 0.25) is 0 Å². The van der Waals surface area contributed by atoms with E-state index in [-0.39, 0.29) is 0 Å². The van der Waals surface area contributed by atoms with Crippen molar-refractivity contribution in [3.8, 4) is 5.75 Å². The summed E-state index contributed by atoms with van der Waals surface area (Å²) in [5.74, 6) is 0.929. The summed E-state index contributed by atoms with van der Waals surface area (Å²) < 4.78 is 5.24. The van der Waals surface area contributed by atoms with E-state index in [9.17, 15) is 4.79 Å². The molecule has 68 valence electrons. The van der Waals surface area contributed by atoms with Gasteiger partial charge >= 0.3 is 0 Å². The molecule has 2 rings (SSSR count). The summed E-state index contributed by atoms with van der Waals surface area (Å²) in [7, 11) is 1.68. The van der Waals surface area contributed by atoms with E-state index < -0.39 is 0 Å². The van der Waals surface area contributed by atoms with Crippen LogP contribution in [0.25, 0.3) is 0 Å². The van der Waals surface area contributed by atoms with E-state index in [2.05, 4.69) is 0 Å². The number of fused-ring (bicyclic) bond motifs is 1. The fourth-order valence-electron chi connectivity index (χ4n) is 2.00. The van der Waals surface area contributed by atoms with Crippen molar-refractivity contribution in [3.05, 3.63) is 28.8 Å². The van der Waals surface area contributed by atoms with E-state index >= 15 is 0 Å². The molecule has 0 saturated heterocycles. The van der Waals surface area contributed by atoms with Crippen molar-refractivity contribution in [3.63, 3.8) is 0 Å². The quantitative estimate of drug-likeness (QED) is 0.644. The van der Waals surface area contributed by atoms with Gasteiger partial charge in [0.1, 0.15) is 12.0 Å². The van der Waals surface area contributed by atoms with Crippen molar-refractivity contribution in [2.24, 2.45) is 0 Å². The first-order valence-corrected chi connectivity index (χ1v) is 4.50. The van der Waals surface area contributed by atoms with Crippen LogP contribution in [-0.2, 0) is 12.8 Å². The van der Waals surface area contributed by atoms with Crippen molar-refractivity contribution >= 4 is 6.29 Å². The molecule has 0 N–H and O–H groups in total. The average molecular weight is 176 g/mol. The summed E-state index contributed by atoms with van der Waals surface area (Å²) in [6.45, 7) is 0. The van der Waals surface area contributed by atoms with Gasteiger partial charge in [-0.25, -0.2) is 0 Å². The first kappa shape index (κ1) is 8.30. The van der Waals surface area contributed by atoms with Crippen LogP contribution in [-0.4, -0.2) is 13.4 Å². The van der Waals surface area contributed by atoms with Crippen LogP contribution in [0.15, 0.2) is 12.1 Å². The predicted molar refractivity (Wildman–Crippen MR) is 50.4 cm³/mol. The Morgan fingerprint density at radius 2 is 2.08 bits per heavy atom. The molecule has 2 nitrogen and oxygen atoms in total. The van der Waals surface area contributed by atoms with E-state index in [0.717, 1.165) is 36.9 Å². The number of carbonyl (C=O) groups excluding carboxylic acids is 1. The molecule has 0 heterocycles. The molecule has 0 bridgehead atoms. The number of methoxy groups -OCH3 is 1. The molecule has 1 aromatic carbocycles. The van der Waals surface area contributed by atoms with E-state index in [1.54, 1.807) is 7.11 Å². The maximum atomic E-state index is 10.7. The first-order valence-electron chi connectivity index (χ1n) is 4.50. The lowest BCUT2D eigenvalue weighted by molar-refractivity contribution is 0.112. The second-order valence-corrected chi connectivity index (χ2v) is 3.29. The molecular weight excluding hydrogens is 164 g/mol. The van der Waals surface area contributed by atoms with Gasteiger partial charge in [0.05, 0.1) is 7.11 Å². The Morgan fingerprint density at radius 1 is 1.31 bits per heavy atom. The smallest absolute Gasteiger partial charge is 0.150 e. The molecule has 0 aromatic heterocycles. The van der Waals surface area contributed by atoms with Gasteiger partial charge < -0.3 is 4.74 Å². The van der Waals surface area contributed by atoms with Gasteiger partial charge in [0.25, 0.3) is 0 Å². The van der Waals surface area contributed by atoms with Crippen LogP contribution in [0, 0.1) is 0 Å². The highest BCUT2D eigenvalue weighted by Gasteiger charge is 2.18. The lowest BCUT2D eigenvalue weighted by atomic mass is 10.0. The standard InChI is InChI=1S/C11H12O2/c1-13-11-6-5-8(7-12)9-3-2-4-10(9)11/h5-7H,2-4H2,1H3. The predicted octanol–water partition coefficient (Wildman–Crippen LogP) is 2.00. The van der Waals surface area contributed by atoms with Gasteiger partial charge in [0.15, 0.2) is 0 Å². The lowest BCUT2D eigenvalue weighted by Crippen LogP contribution is -1.95. The molecule has 1 aliphatic rings. The average Bonchev–Trinajstić information content (AvgIpc) is 2.64. The molecule has 1 aromatic rings. The lowest BCUT2D eigenvalue weighted by Gasteiger charge is -2.08. The van der Waals surface area contributed by atoms with Gasteiger partial charge in [-0.3, -0.25) is 4.79 Å². The Labute approximate surface area is 77.5 Å². The summed E-state index contributed by atoms with van der Waals surface area (Å²) in [4.78, 5) is 10.7. The molecule has 1 aliphatic carbocycles. The molecule has 13 heavy (non-hydrogen) atoms. The number of rotatable bonds is 2. The molecule has 0 radical (unpaired) electrons. The summed E-state index contributed by atoms with van der Waals surface area (Å²) in [6.07, 6.45) is 4.13. The fourth-order valence-corrected chi connectivity index (χ4v) is 2.00. The Hall–Kier alpha value is -1.31. The summed E-state index contributed by atoms with van der Waals surface area (Å²) in [5.41, 5.74) is 3.25. The van der Waals surface area contributed by atoms with Gasteiger partial charge in [-0.1, -0.05) is 0 Å². The highest BCUT2D eigenvalue weighted by molar-refractivity contribution is 5.79. The molecular formula is C11H12O2. The van der Waals surface area contributed by atoms with Gasteiger partial charge in [-0.15, -0.1) is 0 Å². The zero-order chi connectivity index (χ0) is 9.26. The Kier molecular flexibility index (Phi) is 2.05. The number of hydrogen-bond donors (Lipinski definition) is 0. The van der Waals surface area contributed by atoms with Crippen molar-refractivity contribution in [2.45, 2.75) is 19.3 Å². The summed E-state index contributed by atoms with van der Waals surface area (Å²) >= 11 is 0. The third kappa shape index (κ3) is 1.22. The molecule has 2 heteroatoms. The minimum atomic E-state index is 0.827. The first-order chi connectivity index (χ1) is 6.36. The van der Waals surface area contributed by atoms with Gasteiger partial charge in [-0.2, -0.15) is 0 Å². The van der Waals surface area contributed by atoms with Crippen LogP contribution in [0.3, 0.4) is 0 Å². The Morgan fingerprint density at radius 3 is 2.77 bits per heavy atom. The van der Waals surface area contributed by atoms with Crippen LogP contribution in [0.4, 0.5) is 0 Å². The minimum absolute atomic E-state index is 0.827. The molecule has 0 atom stereocenters. The van der Waals surface area contributed by atoms with Crippen LogP contribution >= 0.6 is 0 Å². The number of hydrogen-bond acceptors (Lipinski definition) is 2. The third-order valence-corrected chi connectivity index (χ3v) is 2.62. The summed E-state index contributed by atoms with van der Waals surface area (Å²) in [6, 6.07) is 3.73. The molecule has 0 unspecified atom stereocenters. The Bertz CT molecular complexity index is 342. The number of carbonyl (C=O) groups is 1. The fraction of sp³-hybridized carbons (Fsp3) is 0.364. The second kappa shape index (κ2) is 3.21. The largest absolute Gasteiger partial charge is 0.496 e. The zero-order valence-corrected chi connectivity index (χ0v) is 7.67. The van der Waals surface area contributed by atoms with Gasteiger partial charge in [0, 0.05) is 5.56 Å². The topological polar surface area (TPSA) is 26.3 Å². The normalized spacial score (nSPS) is 13.9. The third-order valence-electron chi connectivity index (χ3n) is 2.62. The van der Waals surface area contributed by atoms with Crippen molar-refractivity contribution in [1.29, 1.82) is 0 Å². The van der Waals surface area contributed by atoms with Crippen LogP contribution in [0.5, 0.6) is 5.75 Å². The Balaban J connectivity index is 2.58. The van der Waals surface area contributed by atoms with E-state index in [0.29, 0.717) is 0 Å². The second-order valence-electron chi connectivity index (χ2n) is 3.29. The minimum Gasteiger partial charge on any atom is -0.496 e. The van der Waals surface area contributed by atoms with E-state index in [4.69, 9.17) is 4.74 Å². The molecule has 0 aliphatic heterocycles. The highest BCUT2D eigenvalue weighted by Crippen LogP contribution is 2.32. The molecule has 0 amide bonds. The molecule has 0 saturated carbocycles. The van der Waals surface area contributed by atoms with Crippen molar-refractivity contribution < 1.29 is 9.53 Å². The van der Waals surface area contributed by atoms with Crippen LogP contribution in [0.2, 0.25) is 0 Å². The maximum absolute atomic E-state index is 10.7. The number of ether oxygens (including phenoxy) is 1. The van der Waals surface area contributed by atoms with E-state index in [1.165, 1.54) is 11.1 Å². The zero-order valence-electron chi connectivity index (χ0n) is 7.67. The van der Waals surface area contributed by atoms with Crippen LogP contribution < -0.4 is 4.74 Å².